The third-order valence-corrected chi connectivity index (χ3v) is 0.659. The van der Waals surface area contributed by atoms with Crippen LogP contribution in [-0.4, -0.2) is 22.8 Å². The number of hydrogen-bond donors (Lipinski definition) is 1. The van der Waals surface area contributed by atoms with Crippen LogP contribution in [-0.2, 0) is 4.79 Å². The van der Waals surface area contributed by atoms with Crippen LogP contribution in [0.1, 0.15) is 17.5 Å². The molecule has 0 saturated heterocycles. The van der Waals surface area contributed by atoms with Crippen molar-refractivity contribution in [2.45, 2.75) is 6.92 Å². The molecule has 0 fully saturated rings. The van der Waals surface area contributed by atoms with Gasteiger partial charge in [-0.3, -0.25) is 9.59 Å². The Labute approximate surface area is 68.9 Å². The molecule has 1 aromatic heterocycles. The van der Waals surface area contributed by atoms with Crippen molar-refractivity contribution in [1.82, 2.24) is 0 Å². The van der Waals surface area contributed by atoms with Gasteiger partial charge in [0.05, 0.1) is 6.26 Å². The predicted molar refractivity (Wildman–Crippen MR) is 41.0 cm³/mol. The SMILES string of the molecule is CC(=O)O.O.O=Cc1ccco1. The zero-order chi connectivity index (χ0) is 8.69. The molecule has 0 amide bonds. The minimum Gasteiger partial charge on any atom is -0.481 e. The van der Waals surface area contributed by atoms with E-state index >= 15 is 0 Å². The Morgan fingerprint density at radius 2 is 2.17 bits per heavy atom. The summed E-state index contributed by atoms with van der Waals surface area (Å²) in [5.41, 5.74) is 0. The Morgan fingerprint density at radius 3 is 2.33 bits per heavy atom. The van der Waals surface area contributed by atoms with Crippen molar-refractivity contribution in [1.29, 1.82) is 0 Å². The molecule has 0 saturated carbocycles. The summed E-state index contributed by atoms with van der Waals surface area (Å²) in [7, 11) is 0. The molecule has 1 heterocycles. The summed E-state index contributed by atoms with van der Waals surface area (Å²) in [5.74, 6) is -0.458. The third kappa shape index (κ3) is 8.38. The van der Waals surface area contributed by atoms with E-state index in [9.17, 15) is 4.79 Å². The van der Waals surface area contributed by atoms with Gasteiger partial charge < -0.3 is 15.0 Å². The van der Waals surface area contributed by atoms with Crippen LogP contribution in [0.2, 0.25) is 0 Å². The summed E-state index contributed by atoms with van der Waals surface area (Å²) >= 11 is 0. The van der Waals surface area contributed by atoms with Gasteiger partial charge in [0, 0.05) is 6.92 Å². The molecular formula is C7H10O5. The van der Waals surface area contributed by atoms with Crippen LogP contribution in [0.25, 0.3) is 0 Å². The average molecular weight is 174 g/mol. The van der Waals surface area contributed by atoms with E-state index in [0.717, 1.165) is 6.92 Å². The van der Waals surface area contributed by atoms with E-state index in [1.807, 2.05) is 0 Å². The van der Waals surface area contributed by atoms with Crippen molar-refractivity contribution < 1.29 is 24.6 Å². The largest absolute Gasteiger partial charge is 0.481 e. The fraction of sp³-hybridized carbons (Fsp3) is 0.143. The maximum Gasteiger partial charge on any atom is 0.300 e. The minimum atomic E-state index is -0.833. The summed E-state index contributed by atoms with van der Waals surface area (Å²) in [6.07, 6.45) is 2.13. The number of carbonyl (C=O) groups excluding carboxylic acids is 1. The highest BCUT2D eigenvalue weighted by Gasteiger charge is 1.84. The lowest BCUT2D eigenvalue weighted by Gasteiger charge is -1.68. The number of rotatable bonds is 1. The van der Waals surface area contributed by atoms with Crippen molar-refractivity contribution in [3.8, 4) is 0 Å². The van der Waals surface area contributed by atoms with Crippen LogP contribution in [0.15, 0.2) is 22.8 Å². The topological polar surface area (TPSA) is 99.0 Å². The van der Waals surface area contributed by atoms with Crippen molar-refractivity contribution in [2.75, 3.05) is 0 Å². The Bertz CT molecular complexity index is 210. The van der Waals surface area contributed by atoms with Crippen molar-refractivity contribution in [2.24, 2.45) is 0 Å². The van der Waals surface area contributed by atoms with Gasteiger partial charge in [0.2, 0.25) is 0 Å². The zero-order valence-corrected chi connectivity index (χ0v) is 6.48. The highest BCUT2D eigenvalue weighted by Crippen LogP contribution is 1.92. The molecule has 5 heteroatoms. The molecular weight excluding hydrogens is 164 g/mol. The number of carboxylic acid groups (broad SMARTS) is 1. The zero-order valence-electron chi connectivity index (χ0n) is 6.48. The Balaban J connectivity index is 0. The van der Waals surface area contributed by atoms with Gasteiger partial charge in [0.1, 0.15) is 0 Å². The standard InChI is InChI=1S/C5H4O2.C2H4O2.H2O/c6-4-5-2-1-3-7-5;1-2(3)4;/h1-4H;1H3,(H,3,4);1H2. The Kier molecular flexibility index (Phi) is 8.11. The molecule has 0 aliphatic carbocycles. The highest BCUT2D eigenvalue weighted by atomic mass is 16.4. The fourth-order valence-electron chi connectivity index (χ4n) is 0.358. The lowest BCUT2D eigenvalue weighted by atomic mass is 10.5. The number of carboxylic acids is 1. The van der Waals surface area contributed by atoms with Gasteiger partial charge >= 0.3 is 0 Å². The predicted octanol–water partition coefficient (Wildman–Crippen LogP) is 0.358. The summed E-state index contributed by atoms with van der Waals surface area (Å²) < 4.78 is 4.61. The minimum absolute atomic E-state index is 0. The van der Waals surface area contributed by atoms with Crippen LogP contribution < -0.4 is 0 Å². The van der Waals surface area contributed by atoms with Crippen molar-refractivity contribution >= 4 is 12.3 Å². The quantitative estimate of drug-likeness (QED) is 0.621. The molecule has 0 unspecified atom stereocenters. The number of aliphatic carboxylic acids is 1. The number of aldehydes is 1. The fourth-order valence-corrected chi connectivity index (χ4v) is 0.358. The lowest BCUT2D eigenvalue weighted by molar-refractivity contribution is -0.134. The molecule has 1 rings (SSSR count). The molecule has 0 aromatic carbocycles. The van der Waals surface area contributed by atoms with Crippen LogP contribution in [0.4, 0.5) is 0 Å². The summed E-state index contributed by atoms with van der Waals surface area (Å²) in [5, 5.41) is 7.42. The van der Waals surface area contributed by atoms with Crippen LogP contribution >= 0.6 is 0 Å². The first-order valence-corrected chi connectivity index (χ1v) is 2.85. The first-order chi connectivity index (χ1) is 5.16. The molecule has 0 aliphatic rings. The van der Waals surface area contributed by atoms with E-state index in [1.165, 1.54) is 6.26 Å². The van der Waals surface area contributed by atoms with E-state index in [2.05, 4.69) is 4.42 Å². The summed E-state index contributed by atoms with van der Waals surface area (Å²) in [6, 6.07) is 3.27. The van der Waals surface area contributed by atoms with Gasteiger partial charge in [-0.2, -0.15) is 0 Å². The van der Waals surface area contributed by atoms with Crippen LogP contribution in [0.3, 0.4) is 0 Å². The van der Waals surface area contributed by atoms with E-state index in [1.54, 1.807) is 12.1 Å². The second kappa shape index (κ2) is 7.49. The summed E-state index contributed by atoms with van der Waals surface area (Å²) in [4.78, 5) is 18.8. The molecule has 5 nitrogen and oxygen atoms in total. The summed E-state index contributed by atoms with van der Waals surface area (Å²) in [6.45, 7) is 1.08. The van der Waals surface area contributed by atoms with E-state index in [-0.39, 0.29) is 5.48 Å². The Hall–Kier alpha value is -1.62. The monoisotopic (exact) mass is 174 g/mol. The van der Waals surface area contributed by atoms with Gasteiger partial charge in [0.15, 0.2) is 12.0 Å². The second-order valence-corrected chi connectivity index (χ2v) is 1.65. The number of furan rings is 1. The van der Waals surface area contributed by atoms with E-state index in [4.69, 9.17) is 9.90 Å². The average Bonchev–Trinajstić information content (AvgIpc) is 2.36. The van der Waals surface area contributed by atoms with Crippen LogP contribution in [0, 0.1) is 0 Å². The van der Waals surface area contributed by atoms with Crippen LogP contribution in [0.5, 0.6) is 0 Å². The van der Waals surface area contributed by atoms with Gasteiger partial charge in [0.25, 0.3) is 5.97 Å². The number of hydrogen-bond acceptors (Lipinski definition) is 3. The van der Waals surface area contributed by atoms with Crippen molar-refractivity contribution in [3.05, 3.63) is 24.2 Å². The highest BCUT2D eigenvalue weighted by molar-refractivity contribution is 5.69. The van der Waals surface area contributed by atoms with Gasteiger partial charge in [-0.25, -0.2) is 0 Å². The smallest absolute Gasteiger partial charge is 0.300 e. The Morgan fingerprint density at radius 1 is 1.67 bits per heavy atom. The molecule has 0 aliphatic heterocycles. The lowest BCUT2D eigenvalue weighted by Crippen LogP contribution is -1.78. The molecule has 0 bridgehead atoms. The molecule has 0 radical (unpaired) electrons. The molecule has 3 N–H and O–H groups in total. The first kappa shape index (κ1) is 13.0. The normalized spacial score (nSPS) is 7.08. The maximum atomic E-state index is 9.77. The first-order valence-electron chi connectivity index (χ1n) is 2.85. The molecule has 68 valence electrons. The van der Waals surface area contributed by atoms with E-state index < -0.39 is 5.97 Å². The van der Waals surface area contributed by atoms with Crippen molar-refractivity contribution in [3.63, 3.8) is 0 Å². The van der Waals surface area contributed by atoms with E-state index in [0.29, 0.717) is 12.0 Å². The van der Waals surface area contributed by atoms with Gasteiger partial charge in [-0.05, 0) is 12.1 Å². The number of carbonyl (C=O) groups is 2. The second-order valence-electron chi connectivity index (χ2n) is 1.65. The molecule has 12 heavy (non-hydrogen) atoms. The molecule has 0 atom stereocenters. The molecule has 0 spiro atoms. The maximum absolute atomic E-state index is 9.77. The van der Waals surface area contributed by atoms with Gasteiger partial charge in [-0.1, -0.05) is 0 Å². The van der Waals surface area contributed by atoms with Gasteiger partial charge in [-0.15, -0.1) is 0 Å². The third-order valence-electron chi connectivity index (χ3n) is 0.659. The molecule has 1 aromatic rings.